The van der Waals surface area contributed by atoms with E-state index in [1.807, 2.05) is 26.8 Å². The lowest BCUT2D eigenvalue weighted by molar-refractivity contribution is -0.123. The van der Waals surface area contributed by atoms with Crippen molar-refractivity contribution in [2.75, 3.05) is 17.2 Å². The van der Waals surface area contributed by atoms with Crippen LogP contribution in [0.3, 0.4) is 0 Å². The number of nitrogens with zero attached hydrogens (tertiary/aromatic N) is 3. The van der Waals surface area contributed by atoms with Crippen LogP contribution in [0.15, 0.2) is 48.5 Å². The van der Waals surface area contributed by atoms with Gasteiger partial charge >= 0.3 is 0 Å². The smallest absolute Gasteiger partial charge is 0.240 e. The van der Waals surface area contributed by atoms with Gasteiger partial charge in [-0.2, -0.15) is 5.10 Å². The van der Waals surface area contributed by atoms with Gasteiger partial charge in [0, 0.05) is 17.0 Å². The van der Waals surface area contributed by atoms with Crippen molar-refractivity contribution >= 4 is 29.4 Å². The van der Waals surface area contributed by atoms with Crippen molar-refractivity contribution in [2.24, 2.45) is 0 Å². The van der Waals surface area contributed by atoms with Crippen LogP contribution in [0.25, 0.3) is 5.69 Å². The van der Waals surface area contributed by atoms with Crippen LogP contribution >= 0.6 is 11.8 Å². The van der Waals surface area contributed by atoms with Crippen LogP contribution in [0.2, 0.25) is 0 Å². The minimum absolute atomic E-state index is 0.111. The molecule has 1 aliphatic carbocycles. The summed E-state index contributed by atoms with van der Waals surface area (Å²) in [6, 6.07) is 12.4. The topological polar surface area (TPSA) is 67.2 Å². The predicted molar refractivity (Wildman–Crippen MR) is 136 cm³/mol. The summed E-state index contributed by atoms with van der Waals surface area (Å²) < 4.78 is 29.7. The number of hydrogen-bond donors (Lipinski definition) is 1. The maximum atomic E-state index is 14.3. The maximum absolute atomic E-state index is 14.3. The number of amides is 2. The van der Waals surface area contributed by atoms with E-state index < -0.39 is 11.2 Å². The molecule has 0 unspecified atom stereocenters. The van der Waals surface area contributed by atoms with Crippen molar-refractivity contribution in [3.63, 3.8) is 0 Å². The first-order valence-corrected chi connectivity index (χ1v) is 13.0. The summed E-state index contributed by atoms with van der Waals surface area (Å²) >= 11 is 1.39. The van der Waals surface area contributed by atoms with Crippen molar-refractivity contribution in [1.82, 2.24) is 15.1 Å². The highest BCUT2D eigenvalue weighted by Crippen LogP contribution is 2.48. The maximum Gasteiger partial charge on any atom is 0.240 e. The number of halogens is 2. The summed E-state index contributed by atoms with van der Waals surface area (Å²) in [6.45, 7) is 5.91. The number of benzene rings is 2. The molecule has 0 spiro atoms. The van der Waals surface area contributed by atoms with Crippen molar-refractivity contribution < 1.29 is 18.4 Å². The molecule has 3 aromatic rings. The fourth-order valence-corrected chi connectivity index (χ4v) is 5.60. The second-order valence-corrected chi connectivity index (χ2v) is 11.4. The van der Waals surface area contributed by atoms with Gasteiger partial charge in [-0.05, 0) is 54.8 Å². The Bertz CT molecular complexity index is 1310. The Kier molecular flexibility index (Phi) is 6.36. The molecular formula is C27H28F2N4O2S. The molecule has 9 heteroatoms. The summed E-state index contributed by atoms with van der Waals surface area (Å²) in [5.41, 5.74) is 2.32. The van der Waals surface area contributed by atoms with Gasteiger partial charge in [0.05, 0.1) is 22.4 Å². The average molecular weight is 511 g/mol. The molecule has 0 saturated heterocycles. The lowest BCUT2D eigenvalue weighted by Crippen LogP contribution is -2.43. The first-order chi connectivity index (χ1) is 17.1. The SMILES string of the molecule is CC(C)(C)c1nn(-c2ccc(F)cc2)c2c1[C@@H](c1cccc(F)c1)SCC(=O)N2CC(=O)NC1CC1. The molecule has 2 amide bonds. The standard InChI is InChI=1S/C27H28F2N4O2S/c1-27(2,3)25-23-24(16-5-4-6-18(29)13-16)36-15-22(35)32(14-21(34)30-19-9-10-19)26(23)33(31-25)20-11-7-17(28)8-12-20/h4-8,11-13,19,24H,9-10,14-15H2,1-3H3,(H,30,34)/t24-/m1/s1. The van der Waals surface area contributed by atoms with Gasteiger partial charge in [0.25, 0.3) is 0 Å². The van der Waals surface area contributed by atoms with E-state index in [0.29, 0.717) is 17.1 Å². The summed E-state index contributed by atoms with van der Waals surface area (Å²) in [6.07, 6.45) is 1.87. The molecular weight excluding hydrogens is 482 g/mol. The Labute approximate surface area is 213 Å². The minimum atomic E-state index is -0.434. The molecule has 1 atom stereocenters. The van der Waals surface area contributed by atoms with E-state index in [1.54, 1.807) is 22.9 Å². The fraction of sp³-hybridized carbons (Fsp3) is 0.370. The number of hydrogen-bond acceptors (Lipinski definition) is 4. The van der Waals surface area contributed by atoms with E-state index in [-0.39, 0.29) is 41.2 Å². The van der Waals surface area contributed by atoms with E-state index >= 15 is 0 Å². The first-order valence-electron chi connectivity index (χ1n) is 12.0. The summed E-state index contributed by atoms with van der Waals surface area (Å²) in [5, 5.41) is 7.50. The molecule has 6 nitrogen and oxygen atoms in total. The van der Waals surface area contributed by atoms with Gasteiger partial charge in [0.2, 0.25) is 11.8 Å². The lowest BCUT2D eigenvalue weighted by Gasteiger charge is -2.24. The average Bonchev–Trinajstić information content (AvgIpc) is 3.56. The van der Waals surface area contributed by atoms with Crippen LogP contribution in [0.1, 0.15) is 55.7 Å². The van der Waals surface area contributed by atoms with Crippen LogP contribution in [0.5, 0.6) is 0 Å². The third-order valence-electron chi connectivity index (χ3n) is 6.27. The summed E-state index contributed by atoms with van der Waals surface area (Å²) in [4.78, 5) is 27.9. The van der Waals surface area contributed by atoms with Gasteiger partial charge in [0.15, 0.2) is 0 Å². The van der Waals surface area contributed by atoms with Crippen LogP contribution in [0.4, 0.5) is 14.6 Å². The zero-order valence-corrected chi connectivity index (χ0v) is 21.2. The second-order valence-electron chi connectivity index (χ2n) is 10.3. The van der Waals surface area contributed by atoms with Gasteiger partial charge in [-0.3, -0.25) is 14.5 Å². The molecule has 1 saturated carbocycles. The van der Waals surface area contributed by atoms with Crippen molar-refractivity contribution in [3.05, 3.63) is 77.0 Å². The normalized spacial score (nSPS) is 18.1. The van der Waals surface area contributed by atoms with Crippen LogP contribution in [-0.4, -0.2) is 39.9 Å². The molecule has 1 aliphatic heterocycles. The van der Waals surface area contributed by atoms with E-state index in [0.717, 1.165) is 24.1 Å². The van der Waals surface area contributed by atoms with Gasteiger partial charge in [-0.25, -0.2) is 13.5 Å². The molecule has 5 rings (SSSR count). The quantitative estimate of drug-likeness (QED) is 0.531. The monoisotopic (exact) mass is 510 g/mol. The summed E-state index contributed by atoms with van der Waals surface area (Å²) in [7, 11) is 0. The van der Waals surface area contributed by atoms with E-state index in [4.69, 9.17) is 5.10 Å². The van der Waals surface area contributed by atoms with E-state index in [1.165, 1.54) is 40.9 Å². The van der Waals surface area contributed by atoms with Gasteiger partial charge in [-0.1, -0.05) is 32.9 Å². The number of aromatic nitrogens is 2. The Morgan fingerprint density at radius 2 is 1.83 bits per heavy atom. The third kappa shape index (κ3) is 4.89. The zero-order valence-electron chi connectivity index (χ0n) is 20.4. The predicted octanol–water partition coefficient (Wildman–Crippen LogP) is 4.90. The Hall–Kier alpha value is -3.20. The van der Waals surface area contributed by atoms with Crippen LogP contribution in [-0.2, 0) is 15.0 Å². The molecule has 1 aromatic heterocycles. The Morgan fingerprint density at radius 3 is 2.47 bits per heavy atom. The van der Waals surface area contributed by atoms with Gasteiger partial charge in [-0.15, -0.1) is 11.8 Å². The number of carbonyl (C=O) groups is 2. The van der Waals surface area contributed by atoms with Gasteiger partial charge in [0.1, 0.15) is 24.0 Å². The molecule has 36 heavy (non-hydrogen) atoms. The molecule has 1 fully saturated rings. The Balaban J connectivity index is 1.74. The number of nitrogens with one attached hydrogen (secondary N) is 1. The van der Waals surface area contributed by atoms with Crippen molar-refractivity contribution in [2.45, 2.75) is 50.3 Å². The van der Waals surface area contributed by atoms with Crippen LogP contribution in [0, 0.1) is 11.6 Å². The van der Waals surface area contributed by atoms with Crippen molar-refractivity contribution in [3.8, 4) is 5.69 Å². The minimum Gasteiger partial charge on any atom is -0.352 e. The lowest BCUT2D eigenvalue weighted by atomic mass is 9.87. The van der Waals surface area contributed by atoms with Gasteiger partial charge < -0.3 is 5.32 Å². The zero-order chi connectivity index (χ0) is 25.6. The van der Waals surface area contributed by atoms with Crippen LogP contribution < -0.4 is 10.2 Å². The molecule has 2 heterocycles. The second kappa shape index (κ2) is 9.35. The highest BCUT2D eigenvalue weighted by Gasteiger charge is 2.40. The Morgan fingerprint density at radius 1 is 1.11 bits per heavy atom. The number of anilines is 1. The fourth-order valence-electron chi connectivity index (χ4n) is 4.41. The molecule has 188 valence electrons. The third-order valence-corrected chi connectivity index (χ3v) is 7.52. The summed E-state index contributed by atoms with van der Waals surface area (Å²) in [5.74, 6) is -0.668. The first kappa shape index (κ1) is 24.5. The number of thioether (sulfide) groups is 1. The molecule has 1 N–H and O–H groups in total. The number of fused-ring (bicyclic) bond motifs is 1. The van der Waals surface area contributed by atoms with E-state index in [2.05, 4.69) is 5.32 Å². The van der Waals surface area contributed by atoms with Crippen molar-refractivity contribution in [1.29, 1.82) is 0 Å². The highest BCUT2D eigenvalue weighted by molar-refractivity contribution is 8.00. The molecule has 0 radical (unpaired) electrons. The number of carbonyl (C=O) groups excluding carboxylic acids is 2. The largest absolute Gasteiger partial charge is 0.352 e. The number of rotatable bonds is 5. The van der Waals surface area contributed by atoms with E-state index in [9.17, 15) is 18.4 Å². The molecule has 2 aliphatic rings. The molecule has 2 aromatic carbocycles. The highest BCUT2D eigenvalue weighted by atomic mass is 32.2. The molecule has 0 bridgehead atoms.